The third kappa shape index (κ3) is 4.40. The van der Waals surface area contributed by atoms with Gasteiger partial charge in [0.2, 0.25) is 5.91 Å². The van der Waals surface area contributed by atoms with Gasteiger partial charge in [0.1, 0.15) is 18.9 Å². The van der Waals surface area contributed by atoms with Crippen molar-refractivity contribution in [1.29, 1.82) is 0 Å². The fourth-order valence-corrected chi connectivity index (χ4v) is 2.86. The number of carbonyl (C=O) groups is 1. The molecule has 0 aliphatic rings. The fourth-order valence-electron chi connectivity index (χ4n) is 2.21. The molecule has 0 atom stereocenters. The van der Waals surface area contributed by atoms with E-state index in [4.69, 9.17) is 9.15 Å². The van der Waals surface area contributed by atoms with Crippen molar-refractivity contribution in [3.8, 4) is 16.5 Å². The third-order valence-corrected chi connectivity index (χ3v) is 4.62. The SMILES string of the molecule is Cc1ccc(OCCN(C)C(=O)Cn2nc(-c3cccs3)oc2=O)cc1. The second-order valence-corrected chi connectivity index (χ2v) is 6.73. The third-order valence-electron chi connectivity index (χ3n) is 3.77. The molecule has 26 heavy (non-hydrogen) atoms. The number of aromatic nitrogens is 2. The summed E-state index contributed by atoms with van der Waals surface area (Å²) in [6, 6.07) is 11.3. The zero-order chi connectivity index (χ0) is 18.5. The second kappa shape index (κ2) is 8.01. The first-order valence-electron chi connectivity index (χ1n) is 8.08. The van der Waals surface area contributed by atoms with Crippen molar-refractivity contribution < 1.29 is 13.9 Å². The quantitative estimate of drug-likeness (QED) is 0.636. The van der Waals surface area contributed by atoms with Crippen molar-refractivity contribution >= 4 is 17.2 Å². The minimum absolute atomic E-state index is 0.172. The summed E-state index contributed by atoms with van der Waals surface area (Å²) in [7, 11) is 1.66. The molecule has 0 aliphatic heterocycles. The highest BCUT2D eigenvalue weighted by atomic mass is 32.1. The van der Waals surface area contributed by atoms with E-state index in [0.717, 1.165) is 20.9 Å². The van der Waals surface area contributed by atoms with Crippen LogP contribution >= 0.6 is 11.3 Å². The van der Waals surface area contributed by atoms with Gasteiger partial charge in [0.15, 0.2) is 0 Å². The monoisotopic (exact) mass is 373 g/mol. The molecule has 0 unspecified atom stereocenters. The maximum absolute atomic E-state index is 12.3. The van der Waals surface area contributed by atoms with Gasteiger partial charge >= 0.3 is 5.76 Å². The highest BCUT2D eigenvalue weighted by Crippen LogP contribution is 2.21. The molecule has 2 heterocycles. The Bertz CT molecular complexity index is 913. The highest BCUT2D eigenvalue weighted by Gasteiger charge is 2.16. The zero-order valence-corrected chi connectivity index (χ0v) is 15.4. The van der Waals surface area contributed by atoms with Gasteiger partial charge in [-0.2, -0.15) is 4.68 Å². The summed E-state index contributed by atoms with van der Waals surface area (Å²) < 4.78 is 11.7. The Morgan fingerprint density at radius 2 is 2.08 bits per heavy atom. The van der Waals surface area contributed by atoms with E-state index in [-0.39, 0.29) is 18.3 Å². The van der Waals surface area contributed by atoms with Gasteiger partial charge in [-0.05, 0) is 30.5 Å². The van der Waals surface area contributed by atoms with E-state index in [9.17, 15) is 9.59 Å². The number of carbonyl (C=O) groups excluding carboxylic acids is 1. The number of rotatable bonds is 7. The lowest BCUT2D eigenvalue weighted by atomic mass is 10.2. The number of ether oxygens (including phenoxy) is 1. The first-order valence-corrected chi connectivity index (χ1v) is 8.96. The number of benzene rings is 1. The molecule has 136 valence electrons. The summed E-state index contributed by atoms with van der Waals surface area (Å²) in [5, 5.41) is 5.94. The van der Waals surface area contributed by atoms with E-state index in [0.29, 0.717) is 13.2 Å². The van der Waals surface area contributed by atoms with Gasteiger partial charge in [0.25, 0.3) is 5.89 Å². The Balaban J connectivity index is 1.52. The molecule has 2 aromatic heterocycles. The largest absolute Gasteiger partial charge is 0.492 e. The van der Waals surface area contributed by atoms with Crippen LogP contribution in [0.15, 0.2) is 51.0 Å². The van der Waals surface area contributed by atoms with Crippen molar-refractivity contribution in [3.63, 3.8) is 0 Å². The van der Waals surface area contributed by atoms with E-state index in [1.165, 1.54) is 16.2 Å². The van der Waals surface area contributed by atoms with Gasteiger partial charge < -0.3 is 14.1 Å². The molecule has 1 amide bonds. The average molecular weight is 373 g/mol. The van der Waals surface area contributed by atoms with Gasteiger partial charge in [-0.25, -0.2) is 4.79 Å². The molecule has 0 fully saturated rings. The lowest BCUT2D eigenvalue weighted by Crippen LogP contribution is -2.35. The van der Waals surface area contributed by atoms with Crippen LogP contribution in [0.1, 0.15) is 5.56 Å². The first kappa shape index (κ1) is 17.9. The van der Waals surface area contributed by atoms with E-state index in [1.54, 1.807) is 13.1 Å². The molecule has 0 N–H and O–H groups in total. The molecule has 1 aromatic carbocycles. The van der Waals surface area contributed by atoms with Crippen molar-refractivity contribution in [3.05, 3.63) is 57.9 Å². The summed E-state index contributed by atoms with van der Waals surface area (Å²) in [4.78, 5) is 26.4. The predicted molar refractivity (Wildman–Crippen MR) is 98.4 cm³/mol. The average Bonchev–Trinajstić information content (AvgIpc) is 3.27. The second-order valence-electron chi connectivity index (χ2n) is 5.78. The maximum atomic E-state index is 12.3. The smallest absolute Gasteiger partial charge is 0.437 e. The standard InChI is InChI=1S/C18H19N3O4S/c1-13-5-7-14(8-6-13)24-10-9-20(2)16(22)12-21-18(23)25-17(19-21)15-4-3-11-26-15/h3-8,11H,9-10,12H2,1-2H3. The van der Waals surface area contributed by atoms with Crippen LogP contribution in [-0.4, -0.2) is 40.8 Å². The number of amides is 1. The summed E-state index contributed by atoms with van der Waals surface area (Å²) in [6.07, 6.45) is 0. The summed E-state index contributed by atoms with van der Waals surface area (Å²) in [6.45, 7) is 2.59. The van der Waals surface area contributed by atoms with E-state index in [2.05, 4.69) is 5.10 Å². The fraction of sp³-hybridized carbons (Fsp3) is 0.278. The number of thiophene rings is 1. The highest BCUT2D eigenvalue weighted by molar-refractivity contribution is 7.13. The Morgan fingerprint density at radius 3 is 2.77 bits per heavy atom. The molecule has 8 heteroatoms. The van der Waals surface area contributed by atoms with Gasteiger partial charge in [0, 0.05) is 7.05 Å². The van der Waals surface area contributed by atoms with Crippen molar-refractivity contribution in [2.45, 2.75) is 13.5 Å². The van der Waals surface area contributed by atoms with Crippen LogP contribution in [-0.2, 0) is 11.3 Å². The molecule has 7 nitrogen and oxygen atoms in total. The summed E-state index contributed by atoms with van der Waals surface area (Å²) in [5.74, 6) is 0.0876. The van der Waals surface area contributed by atoms with Gasteiger partial charge in [-0.15, -0.1) is 16.4 Å². The zero-order valence-electron chi connectivity index (χ0n) is 14.5. The maximum Gasteiger partial charge on any atom is 0.437 e. The lowest BCUT2D eigenvalue weighted by molar-refractivity contribution is -0.131. The molecule has 0 aliphatic carbocycles. The number of aryl methyl sites for hydroxylation is 1. The van der Waals surface area contributed by atoms with Crippen molar-refractivity contribution in [1.82, 2.24) is 14.7 Å². The van der Waals surface area contributed by atoms with E-state index < -0.39 is 5.76 Å². The van der Waals surface area contributed by atoms with Crippen LogP contribution in [0.3, 0.4) is 0 Å². The molecule has 0 bridgehead atoms. The molecule has 0 saturated carbocycles. The van der Waals surface area contributed by atoms with Crippen molar-refractivity contribution in [2.75, 3.05) is 20.2 Å². The van der Waals surface area contributed by atoms with E-state index in [1.807, 2.05) is 42.6 Å². The summed E-state index contributed by atoms with van der Waals surface area (Å²) in [5.41, 5.74) is 1.16. The van der Waals surface area contributed by atoms with Gasteiger partial charge in [-0.1, -0.05) is 23.8 Å². The van der Waals surface area contributed by atoms with Crippen LogP contribution < -0.4 is 10.5 Å². The molecule has 0 radical (unpaired) electrons. The Morgan fingerprint density at radius 1 is 1.31 bits per heavy atom. The molecular weight excluding hydrogens is 354 g/mol. The van der Waals surface area contributed by atoms with E-state index >= 15 is 0 Å². The minimum Gasteiger partial charge on any atom is -0.492 e. The number of nitrogens with zero attached hydrogens (tertiary/aromatic N) is 3. The van der Waals surface area contributed by atoms with Crippen molar-refractivity contribution in [2.24, 2.45) is 0 Å². The van der Waals surface area contributed by atoms with Crippen LogP contribution in [0, 0.1) is 6.92 Å². The van der Waals surface area contributed by atoms with Gasteiger partial charge in [-0.3, -0.25) is 4.79 Å². The molecule has 0 saturated heterocycles. The summed E-state index contributed by atoms with van der Waals surface area (Å²) >= 11 is 1.41. The molecule has 3 rings (SSSR count). The van der Waals surface area contributed by atoms with Crippen LogP contribution in [0.4, 0.5) is 0 Å². The molecule has 3 aromatic rings. The van der Waals surface area contributed by atoms with Crippen LogP contribution in [0.25, 0.3) is 10.8 Å². The molecular formula is C18H19N3O4S. The first-order chi connectivity index (χ1) is 12.5. The number of hydrogen-bond acceptors (Lipinski definition) is 6. The normalized spacial score (nSPS) is 10.7. The molecule has 0 spiro atoms. The predicted octanol–water partition coefficient (Wildman–Crippen LogP) is 2.41. The Kier molecular flexibility index (Phi) is 5.52. The number of likely N-dealkylation sites (N-methyl/N-ethyl adjacent to an activating group) is 1. The topological polar surface area (TPSA) is 77.6 Å². The van der Waals surface area contributed by atoms with Gasteiger partial charge in [0.05, 0.1) is 11.4 Å². The minimum atomic E-state index is -0.647. The van der Waals surface area contributed by atoms with Crippen LogP contribution in [0.5, 0.6) is 5.75 Å². The Labute approximate surface area is 154 Å². The Hall–Kier alpha value is -2.87. The number of hydrogen-bond donors (Lipinski definition) is 0. The lowest BCUT2D eigenvalue weighted by Gasteiger charge is -2.17. The van der Waals surface area contributed by atoms with Crippen LogP contribution in [0.2, 0.25) is 0 Å².